The van der Waals surface area contributed by atoms with Crippen LogP contribution in [0.3, 0.4) is 0 Å². The van der Waals surface area contributed by atoms with E-state index in [1.165, 1.54) is 17.0 Å². The summed E-state index contributed by atoms with van der Waals surface area (Å²) in [6.07, 6.45) is 2.67. The number of aromatic nitrogens is 1. The van der Waals surface area contributed by atoms with Crippen LogP contribution in [0.15, 0.2) is 47.5 Å². The van der Waals surface area contributed by atoms with Gasteiger partial charge in [0.1, 0.15) is 0 Å². The fourth-order valence-corrected chi connectivity index (χ4v) is 3.79. The molecule has 1 atom stereocenters. The predicted octanol–water partition coefficient (Wildman–Crippen LogP) is 5.53. The number of thioether (sulfide) groups is 1. The van der Waals surface area contributed by atoms with E-state index >= 15 is 0 Å². The molecule has 0 aliphatic rings. The first kappa shape index (κ1) is 19.0. The summed E-state index contributed by atoms with van der Waals surface area (Å²) in [5.41, 5.74) is 2.73. The Bertz CT molecular complexity index is 1010. The van der Waals surface area contributed by atoms with Crippen LogP contribution >= 0.6 is 11.8 Å². The van der Waals surface area contributed by atoms with Crippen LogP contribution in [0, 0.1) is 17.0 Å². The van der Waals surface area contributed by atoms with Crippen molar-refractivity contribution in [1.82, 2.24) is 4.98 Å². The van der Waals surface area contributed by atoms with Gasteiger partial charge in [-0.25, -0.2) is 0 Å². The highest BCUT2D eigenvalue weighted by molar-refractivity contribution is 7.99. The highest BCUT2D eigenvalue weighted by Gasteiger charge is 2.16. The third-order valence-corrected chi connectivity index (χ3v) is 5.74. The number of non-ortho nitro benzene ring substituents is 1. The lowest BCUT2D eigenvalue weighted by Gasteiger charge is -2.12. The molecular weight excluding hydrogens is 362 g/mol. The highest BCUT2D eigenvalue weighted by Crippen LogP contribution is 2.29. The van der Waals surface area contributed by atoms with Gasteiger partial charge in [-0.15, -0.1) is 11.8 Å². The van der Waals surface area contributed by atoms with E-state index in [9.17, 15) is 14.9 Å². The van der Waals surface area contributed by atoms with Crippen molar-refractivity contribution in [2.75, 3.05) is 5.32 Å². The molecular formula is C20H21N3O3S. The summed E-state index contributed by atoms with van der Waals surface area (Å²) in [7, 11) is 0. The van der Waals surface area contributed by atoms with Crippen molar-refractivity contribution in [3.63, 3.8) is 0 Å². The molecule has 0 aliphatic heterocycles. The number of fused-ring (bicyclic) bond motifs is 1. The van der Waals surface area contributed by atoms with Crippen LogP contribution in [0.5, 0.6) is 0 Å². The van der Waals surface area contributed by atoms with Gasteiger partial charge in [-0.05, 0) is 43.2 Å². The van der Waals surface area contributed by atoms with Crippen LogP contribution < -0.4 is 5.32 Å². The average Bonchev–Trinajstić information content (AvgIpc) is 3.07. The van der Waals surface area contributed by atoms with Crippen LogP contribution in [-0.4, -0.2) is 21.1 Å². The Labute approximate surface area is 161 Å². The van der Waals surface area contributed by atoms with E-state index in [1.54, 1.807) is 12.3 Å². The standard InChI is InChI=1S/C20H21N3O3S/c1-4-13(3)27-15-6-8-18(12(2)9-15)22-20(24)17-11-21-19-7-5-14(23(25)26)10-16(17)19/h5-11,13,21H,4H2,1-3H3,(H,22,24). The summed E-state index contributed by atoms with van der Waals surface area (Å²) in [4.78, 5) is 27.4. The SMILES string of the molecule is CCC(C)Sc1ccc(NC(=O)c2c[nH]c3ccc([N+](=O)[O-])cc23)c(C)c1. The van der Waals surface area contributed by atoms with Crippen molar-refractivity contribution in [3.8, 4) is 0 Å². The molecule has 6 nitrogen and oxygen atoms in total. The fraction of sp³-hybridized carbons (Fsp3) is 0.250. The number of anilines is 1. The number of carbonyl (C=O) groups is 1. The van der Waals surface area contributed by atoms with E-state index in [2.05, 4.69) is 30.2 Å². The van der Waals surface area contributed by atoms with Gasteiger partial charge in [0, 0.05) is 45.1 Å². The van der Waals surface area contributed by atoms with E-state index in [4.69, 9.17) is 0 Å². The average molecular weight is 383 g/mol. The maximum absolute atomic E-state index is 12.7. The van der Waals surface area contributed by atoms with Gasteiger partial charge in [0.05, 0.1) is 10.5 Å². The topological polar surface area (TPSA) is 88.0 Å². The Morgan fingerprint density at radius 2 is 2.07 bits per heavy atom. The number of rotatable bonds is 6. The van der Waals surface area contributed by atoms with E-state index in [1.807, 2.05) is 30.8 Å². The van der Waals surface area contributed by atoms with Gasteiger partial charge in [-0.1, -0.05) is 13.8 Å². The molecule has 0 fully saturated rings. The van der Waals surface area contributed by atoms with E-state index < -0.39 is 4.92 Å². The molecule has 3 rings (SSSR count). The van der Waals surface area contributed by atoms with Crippen LogP contribution in [0.25, 0.3) is 10.9 Å². The molecule has 3 aromatic rings. The maximum Gasteiger partial charge on any atom is 0.270 e. The van der Waals surface area contributed by atoms with Crippen molar-refractivity contribution in [3.05, 3.63) is 63.8 Å². The third kappa shape index (κ3) is 4.14. The summed E-state index contributed by atoms with van der Waals surface area (Å²) in [6.45, 7) is 6.30. The number of hydrogen-bond donors (Lipinski definition) is 2. The minimum absolute atomic E-state index is 0.0428. The monoisotopic (exact) mass is 383 g/mol. The Kier molecular flexibility index (Phi) is 5.51. The molecule has 0 saturated carbocycles. The highest BCUT2D eigenvalue weighted by atomic mass is 32.2. The molecule has 0 spiro atoms. The van der Waals surface area contributed by atoms with Crippen molar-refractivity contribution < 1.29 is 9.72 Å². The number of aryl methyl sites for hydroxylation is 1. The Morgan fingerprint density at radius 1 is 1.30 bits per heavy atom. The minimum atomic E-state index is -0.466. The number of benzene rings is 2. The molecule has 1 amide bonds. The second-order valence-corrected chi connectivity index (χ2v) is 7.97. The van der Waals surface area contributed by atoms with Gasteiger partial charge in [-0.3, -0.25) is 14.9 Å². The normalized spacial score (nSPS) is 12.1. The van der Waals surface area contributed by atoms with Gasteiger partial charge in [-0.2, -0.15) is 0 Å². The van der Waals surface area contributed by atoms with Crippen LogP contribution in [-0.2, 0) is 0 Å². The lowest BCUT2D eigenvalue weighted by molar-refractivity contribution is -0.384. The first-order valence-corrected chi connectivity index (χ1v) is 9.61. The Balaban J connectivity index is 1.84. The zero-order valence-electron chi connectivity index (χ0n) is 15.4. The predicted molar refractivity (Wildman–Crippen MR) is 110 cm³/mol. The molecule has 27 heavy (non-hydrogen) atoms. The molecule has 0 bridgehead atoms. The number of hydrogen-bond acceptors (Lipinski definition) is 4. The number of amides is 1. The van der Waals surface area contributed by atoms with Crippen LogP contribution in [0.1, 0.15) is 36.2 Å². The second-order valence-electron chi connectivity index (χ2n) is 6.46. The number of nitrogens with zero attached hydrogens (tertiary/aromatic N) is 1. The molecule has 2 aromatic carbocycles. The van der Waals surface area contributed by atoms with Crippen molar-refractivity contribution >= 4 is 39.9 Å². The lowest BCUT2D eigenvalue weighted by Crippen LogP contribution is -2.12. The number of H-pyrrole nitrogens is 1. The quantitative estimate of drug-likeness (QED) is 0.333. The summed E-state index contributed by atoms with van der Waals surface area (Å²) in [5.74, 6) is -0.299. The number of carbonyl (C=O) groups excluding carboxylic acids is 1. The largest absolute Gasteiger partial charge is 0.360 e. The van der Waals surface area contributed by atoms with E-state index in [0.29, 0.717) is 21.7 Å². The maximum atomic E-state index is 12.7. The molecule has 0 radical (unpaired) electrons. The summed E-state index contributed by atoms with van der Waals surface area (Å²) >= 11 is 1.81. The van der Waals surface area contributed by atoms with Gasteiger partial charge >= 0.3 is 0 Å². The second kappa shape index (κ2) is 7.84. The first-order chi connectivity index (χ1) is 12.9. The molecule has 1 unspecified atom stereocenters. The molecule has 2 N–H and O–H groups in total. The summed E-state index contributed by atoms with van der Waals surface area (Å²) in [6, 6.07) is 10.4. The Hall–Kier alpha value is -2.80. The molecule has 1 heterocycles. The molecule has 140 valence electrons. The number of nitrogens with one attached hydrogen (secondary N) is 2. The smallest absolute Gasteiger partial charge is 0.270 e. The Morgan fingerprint density at radius 3 is 2.74 bits per heavy atom. The minimum Gasteiger partial charge on any atom is -0.360 e. The molecule has 0 saturated heterocycles. The zero-order chi connectivity index (χ0) is 19.6. The zero-order valence-corrected chi connectivity index (χ0v) is 16.2. The van der Waals surface area contributed by atoms with Gasteiger partial charge in [0.2, 0.25) is 0 Å². The van der Waals surface area contributed by atoms with Crippen LogP contribution in [0.4, 0.5) is 11.4 Å². The van der Waals surface area contributed by atoms with Gasteiger partial charge < -0.3 is 10.3 Å². The van der Waals surface area contributed by atoms with Crippen molar-refractivity contribution in [2.45, 2.75) is 37.3 Å². The summed E-state index contributed by atoms with van der Waals surface area (Å²) < 4.78 is 0. The number of nitro benzene ring substituents is 1. The molecule has 7 heteroatoms. The number of aromatic amines is 1. The number of nitro groups is 1. The molecule has 1 aromatic heterocycles. The lowest BCUT2D eigenvalue weighted by atomic mass is 10.1. The fourth-order valence-electron chi connectivity index (χ4n) is 2.77. The first-order valence-electron chi connectivity index (χ1n) is 8.73. The van der Waals surface area contributed by atoms with Gasteiger partial charge in [0.15, 0.2) is 0 Å². The summed E-state index contributed by atoms with van der Waals surface area (Å²) in [5, 5.41) is 15.0. The van der Waals surface area contributed by atoms with Crippen molar-refractivity contribution in [1.29, 1.82) is 0 Å². The third-order valence-electron chi connectivity index (χ3n) is 4.48. The van der Waals surface area contributed by atoms with Crippen LogP contribution in [0.2, 0.25) is 0 Å². The van der Waals surface area contributed by atoms with Gasteiger partial charge in [0.25, 0.3) is 11.6 Å². The van der Waals surface area contributed by atoms with E-state index in [0.717, 1.165) is 17.7 Å². The van der Waals surface area contributed by atoms with Crippen molar-refractivity contribution in [2.24, 2.45) is 0 Å². The molecule has 0 aliphatic carbocycles. The van der Waals surface area contributed by atoms with E-state index in [-0.39, 0.29) is 11.6 Å².